The third-order valence-corrected chi connectivity index (χ3v) is 5.52. The van der Waals surface area contributed by atoms with Gasteiger partial charge in [-0.05, 0) is 39.0 Å². The smallest absolute Gasteiger partial charge is 0.337 e. The molecule has 6 heteroatoms. The molecule has 0 atom stereocenters. The highest BCUT2D eigenvalue weighted by molar-refractivity contribution is 7.16. The van der Waals surface area contributed by atoms with E-state index in [4.69, 9.17) is 0 Å². The van der Waals surface area contributed by atoms with Crippen molar-refractivity contribution in [2.24, 2.45) is 0 Å². The van der Waals surface area contributed by atoms with Gasteiger partial charge in [0.2, 0.25) is 0 Å². The lowest BCUT2D eigenvalue weighted by molar-refractivity contribution is 0.0696. The van der Waals surface area contributed by atoms with E-state index in [9.17, 15) is 9.90 Å². The quantitative estimate of drug-likeness (QED) is 0.773. The van der Waals surface area contributed by atoms with Gasteiger partial charge in [-0.25, -0.2) is 9.78 Å². The van der Waals surface area contributed by atoms with E-state index in [1.807, 2.05) is 25.3 Å². The first-order chi connectivity index (χ1) is 10.5. The van der Waals surface area contributed by atoms with Gasteiger partial charge in [-0.2, -0.15) is 0 Å². The van der Waals surface area contributed by atoms with Crippen LogP contribution in [0.5, 0.6) is 0 Å². The molecule has 0 aliphatic rings. The predicted octanol–water partition coefficient (Wildman–Crippen LogP) is 4.34. The van der Waals surface area contributed by atoms with E-state index in [0.717, 1.165) is 27.0 Å². The van der Waals surface area contributed by atoms with Gasteiger partial charge in [0.15, 0.2) is 0 Å². The predicted molar refractivity (Wildman–Crippen MR) is 90.1 cm³/mol. The lowest BCUT2D eigenvalue weighted by atomic mass is 10.2. The first kappa shape index (κ1) is 15.0. The first-order valence-electron chi connectivity index (χ1n) is 6.87. The summed E-state index contributed by atoms with van der Waals surface area (Å²) in [4.78, 5) is 18.1. The van der Waals surface area contributed by atoms with Crippen LogP contribution in [0.3, 0.4) is 0 Å². The van der Waals surface area contributed by atoms with Crippen molar-refractivity contribution in [2.75, 3.05) is 0 Å². The van der Waals surface area contributed by atoms with E-state index < -0.39 is 5.97 Å². The van der Waals surface area contributed by atoms with Crippen molar-refractivity contribution in [3.05, 3.63) is 50.4 Å². The molecule has 0 saturated heterocycles. The van der Waals surface area contributed by atoms with Gasteiger partial charge in [0.1, 0.15) is 0 Å². The third kappa shape index (κ3) is 2.71. The molecule has 0 unspecified atom stereocenters. The van der Waals surface area contributed by atoms with Gasteiger partial charge in [0.05, 0.1) is 27.7 Å². The Labute approximate surface area is 136 Å². The molecule has 0 bridgehead atoms. The van der Waals surface area contributed by atoms with Crippen LogP contribution in [0.25, 0.3) is 10.6 Å². The SMILES string of the molecule is Cc1nc(-c2ccc(Cn3c(C)cc(C(=O)O)c3C)s2)cs1. The fraction of sp³-hybridized carbons (Fsp3) is 0.250. The summed E-state index contributed by atoms with van der Waals surface area (Å²) in [7, 11) is 0. The minimum Gasteiger partial charge on any atom is -0.478 e. The molecular formula is C16H16N2O2S2. The van der Waals surface area contributed by atoms with Gasteiger partial charge in [-0.1, -0.05) is 0 Å². The first-order valence-corrected chi connectivity index (χ1v) is 8.56. The molecule has 0 aliphatic carbocycles. The van der Waals surface area contributed by atoms with Crippen LogP contribution in [0.15, 0.2) is 23.6 Å². The molecule has 3 heterocycles. The number of carbonyl (C=O) groups is 1. The number of aromatic carboxylic acids is 1. The summed E-state index contributed by atoms with van der Waals surface area (Å²) in [6.45, 7) is 6.49. The largest absolute Gasteiger partial charge is 0.478 e. The van der Waals surface area contributed by atoms with Crippen molar-refractivity contribution in [1.29, 1.82) is 0 Å². The van der Waals surface area contributed by atoms with E-state index in [-0.39, 0.29) is 0 Å². The zero-order valence-electron chi connectivity index (χ0n) is 12.6. The van der Waals surface area contributed by atoms with Gasteiger partial charge >= 0.3 is 5.97 Å². The number of thiophene rings is 1. The van der Waals surface area contributed by atoms with Crippen LogP contribution < -0.4 is 0 Å². The highest BCUT2D eigenvalue weighted by Gasteiger charge is 2.15. The van der Waals surface area contributed by atoms with E-state index >= 15 is 0 Å². The number of aryl methyl sites for hydroxylation is 2. The monoisotopic (exact) mass is 332 g/mol. The zero-order chi connectivity index (χ0) is 15.9. The number of hydrogen-bond acceptors (Lipinski definition) is 4. The molecule has 0 radical (unpaired) electrons. The summed E-state index contributed by atoms with van der Waals surface area (Å²) in [6, 6.07) is 5.91. The van der Waals surface area contributed by atoms with Crippen molar-refractivity contribution in [1.82, 2.24) is 9.55 Å². The van der Waals surface area contributed by atoms with Gasteiger partial charge in [-0.3, -0.25) is 0 Å². The summed E-state index contributed by atoms with van der Waals surface area (Å²) in [5, 5.41) is 12.3. The van der Waals surface area contributed by atoms with Gasteiger partial charge in [-0.15, -0.1) is 22.7 Å². The Bertz CT molecular complexity index is 842. The maximum atomic E-state index is 11.2. The summed E-state index contributed by atoms with van der Waals surface area (Å²) in [6.07, 6.45) is 0. The van der Waals surface area contributed by atoms with E-state index in [1.165, 1.54) is 4.88 Å². The lowest BCUT2D eigenvalue weighted by Gasteiger charge is -2.07. The number of carboxylic acid groups (broad SMARTS) is 1. The topological polar surface area (TPSA) is 55.1 Å². The van der Waals surface area contributed by atoms with Crippen molar-refractivity contribution >= 4 is 28.6 Å². The van der Waals surface area contributed by atoms with E-state index in [0.29, 0.717) is 12.1 Å². The second-order valence-electron chi connectivity index (χ2n) is 5.19. The minimum absolute atomic E-state index is 0.379. The molecule has 0 aromatic carbocycles. The Kier molecular flexibility index (Phi) is 3.88. The summed E-state index contributed by atoms with van der Waals surface area (Å²) >= 11 is 3.35. The molecule has 3 aromatic rings. The number of rotatable bonds is 4. The van der Waals surface area contributed by atoms with E-state index in [1.54, 1.807) is 28.7 Å². The molecule has 0 saturated carbocycles. The minimum atomic E-state index is -0.871. The molecule has 22 heavy (non-hydrogen) atoms. The number of thiazole rings is 1. The standard InChI is InChI=1S/C16H16N2O2S2/c1-9-6-13(16(19)20)10(2)18(9)7-12-4-5-15(22-12)14-8-21-11(3)17-14/h4-6,8H,7H2,1-3H3,(H,19,20). The highest BCUT2D eigenvalue weighted by Crippen LogP contribution is 2.30. The van der Waals surface area contributed by atoms with Crippen LogP contribution in [-0.4, -0.2) is 20.6 Å². The van der Waals surface area contributed by atoms with Crippen molar-refractivity contribution in [3.63, 3.8) is 0 Å². The van der Waals surface area contributed by atoms with E-state index in [2.05, 4.69) is 22.5 Å². The van der Waals surface area contributed by atoms with Crippen LogP contribution >= 0.6 is 22.7 Å². The van der Waals surface area contributed by atoms with Crippen molar-refractivity contribution < 1.29 is 9.90 Å². The average Bonchev–Trinajstić information content (AvgIpc) is 3.14. The Morgan fingerprint density at radius 3 is 2.68 bits per heavy atom. The van der Waals surface area contributed by atoms with Crippen LogP contribution in [0.2, 0.25) is 0 Å². The Balaban J connectivity index is 1.88. The molecule has 3 aromatic heterocycles. The highest BCUT2D eigenvalue weighted by atomic mass is 32.1. The summed E-state index contributed by atoms with van der Waals surface area (Å²) in [5.74, 6) is -0.871. The molecule has 0 spiro atoms. The molecule has 0 amide bonds. The van der Waals surface area contributed by atoms with Crippen LogP contribution in [-0.2, 0) is 6.54 Å². The summed E-state index contributed by atoms with van der Waals surface area (Å²) in [5.41, 5.74) is 3.16. The third-order valence-electron chi connectivity index (χ3n) is 3.65. The maximum absolute atomic E-state index is 11.2. The Hall–Kier alpha value is -1.92. The Morgan fingerprint density at radius 2 is 2.09 bits per heavy atom. The number of hydrogen-bond donors (Lipinski definition) is 1. The van der Waals surface area contributed by atoms with Gasteiger partial charge < -0.3 is 9.67 Å². The zero-order valence-corrected chi connectivity index (χ0v) is 14.2. The number of nitrogens with zero attached hydrogens (tertiary/aromatic N) is 2. The molecule has 3 rings (SSSR count). The molecule has 0 fully saturated rings. The molecular weight excluding hydrogens is 316 g/mol. The second kappa shape index (κ2) is 5.70. The fourth-order valence-corrected chi connectivity index (χ4v) is 4.14. The van der Waals surface area contributed by atoms with Crippen LogP contribution in [0, 0.1) is 20.8 Å². The number of carboxylic acids is 1. The molecule has 114 valence electrons. The van der Waals surface area contributed by atoms with Crippen LogP contribution in [0.4, 0.5) is 0 Å². The second-order valence-corrected chi connectivity index (χ2v) is 7.42. The molecule has 0 aliphatic heterocycles. The molecule has 1 N–H and O–H groups in total. The van der Waals surface area contributed by atoms with Crippen molar-refractivity contribution in [2.45, 2.75) is 27.3 Å². The summed E-state index contributed by atoms with van der Waals surface area (Å²) < 4.78 is 2.05. The maximum Gasteiger partial charge on any atom is 0.337 e. The van der Waals surface area contributed by atoms with Gasteiger partial charge in [0, 0.05) is 21.6 Å². The van der Waals surface area contributed by atoms with Gasteiger partial charge in [0.25, 0.3) is 0 Å². The number of aromatic nitrogens is 2. The fourth-order valence-electron chi connectivity index (χ4n) is 2.49. The molecule has 4 nitrogen and oxygen atoms in total. The lowest BCUT2D eigenvalue weighted by Crippen LogP contribution is -2.04. The normalized spacial score (nSPS) is 11.0. The Morgan fingerprint density at radius 1 is 1.32 bits per heavy atom. The average molecular weight is 332 g/mol. The van der Waals surface area contributed by atoms with Crippen molar-refractivity contribution in [3.8, 4) is 10.6 Å². The van der Waals surface area contributed by atoms with Crippen LogP contribution in [0.1, 0.15) is 31.6 Å².